The lowest BCUT2D eigenvalue weighted by atomic mass is 9.43. The van der Waals surface area contributed by atoms with Crippen molar-refractivity contribution in [2.75, 3.05) is 0 Å². The molecule has 0 radical (unpaired) electrons. The van der Waals surface area contributed by atoms with Crippen LogP contribution in [0.15, 0.2) is 18.2 Å². The molecular weight excluding hydrogens is 468 g/mol. The number of carbonyl (C=O) groups is 1. The van der Waals surface area contributed by atoms with E-state index in [9.17, 15) is 15.0 Å². The van der Waals surface area contributed by atoms with Crippen LogP contribution in [-0.4, -0.2) is 28.2 Å². The SMILES string of the molecule is Cc1ccc2c(c1)CCCC2C(=O)CC[C@@H](C)[C@H]1CC[C@H]2[C@@H]3CC[C@@H]4C[C@H](O)CC[C@]4(C)[C@H]3C[C@H](O)[C@]12C. The Bertz CT molecular complexity index is 1050. The minimum absolute atomic E-state index is 0.0179. The lowest BCUT2D eigenvalue weighted by molar-refractivity contribution is -0.174. The molecule has 0 saturated heterocycles. The molecule has 5 aliphatic carbocycles. The number of ketones is 1. The fourth-order valence-electron chi connectivity index (χ4n) is 11.2. The zero-order valence-corrected chi connectivity index (χ0v) is 24.4. The quantitative estimate of drug-likeness (QED) is 0.425. The topological polar surface area (TPSA) is 57.5 Å². The Labute approximate surface area is 231 Å². The van der Waals surface area contributed by atoms with Crippen LogP contribution in [0.2, 0.25) is 0 Å². The van der Waals surface area contributed by atoms with E-state index in [0.29, 0.717) is 41.8 Å². The van der Waals surface area contributed by atoms with Gasteiger partial charge in [-0.1, -0.05) is 44.5 Å². The number of aryl methyl sites for hydroxylation is 2. The van der Waals surface area contributed by atoms with Gasteiger partial charge in [0.2, 0.25) is 0 Å². The van der Waals surface area contributed by atoms with E-state index in [0.717, 1.165) is 57.3 Å². The van der Waals surface area contributed by atoms with Gasteiger partial charge >= 0.3 is 0 Å². The first-order chi connectivity index (χ1) is 18.1. The predicted octanol–water partition coefficient (Wildman–Crippen LogP) is 7.39. The first-order valence-corrected chi connectivity index (χ1v) is 16.1. The zero-order chi connectivity index (χ0) is 26.8. The highest BCUT2D eigenvalue weighted by Gasteiger charge is 2.63. The normalized spacial score (nSPS) is 44.9. The van der Waals surface area contributed by atoms with E-state index in [2.05, 4.69) is 45.9 Å². The average Bonchev–Trinajstić information content (AvgIpc) is 3.26. The van der Waals surface area contributed by atoms with Crippen LogP contribution in [0, 0.1) is 53.3 Å². The minimum Gasteiger partial charge on any atom is -0.393 e. The molecule has 1 aromatic rings. The van der Waals surface area contributed by atoms with Crippen molar-refractivity contribution in [3.05, 3.63) is 34.9 Å². The molecule has 0 bridgehead atoms. The second kappa shape index (κ2) is 10.0. The van der Waals surface area contributed by atoms with Gasteiger partial charge in [-0.25, -0.2) is 0 Å². The Hall–Kier alpha value is -1.19. The smallest absolute Gasteiger partial charge is 0.140 e. The minimum atomic E-state index is -0.240. The van der Waals surface area contributed by atoms with Crippen LogP contribution in [0.25, 0.3) is 0 Å². The zero-order valence-electron chi connectivity index (χ0n) is 24.4. The van der Waals surface area contributed by atoms with Gasteiger partial charge in [-0.15, -0.1) is 0 Å². The summed E-state index contributed by atoms with van der Waals surface area (Å²) in [5, 5.41) is 22.2. The van der Waals surface area contributed by atoms with Crippen LogP contribution >= 0.6 is 0 Å². The van der Waals surface area contributed by atoms with Gasteiger partial charge in [0, 0.05) is 12.3 Å². The van der Waals surface area contributed by atoms with Gasteiger partial charge in [0.1, 0.15) is 5.78 Å². The summed E-state index contributed by atoms with van der Waals surface area (Å²) in [7, 11) is 0. The highest BCUT2D eigenvalue weighted by molar-refractivity contribution is 5.86. The Morgan fingerprint density at radius 3 is 2.66 bits per heavy atom. The van der Waals surface area contributed by atoms with Gasteiger partial charge in [-0.2, -0.15) is 0 Å². The van der Waals surface area contributed by atoms with E-state index in [-0.39, 0.29) is 29.0 Å². The number of benzene rings is 1. The number of carbonyl (C=O) groups excluding carboxylic acids is 1. The molecule has 0 aromatic heterocycles. The number of hydrogen-bond donors (Lipinski definition) is 2. The monoisotopic (exact) mass is 520 g/mol. The van der Waals surface area contributed by atoms with Gasteiger partial charge < -0.3 is 10.2 Å². The second-order valence-corrected chi connectivity index (χ2v) is 15.0. The van der Waals surface area contributed by atoms with Crippen molar-refractivity contribution in [1.29, 1.82) is 0 Å². The van der Waals surface area contributed by atoms with Crippen molar-refractivity contribution in [2.45, 2.75) is 129 Å². The van der Waals surface area contributed by atoms with Crippen LogP contribution in [0.1, 0.15) is 120 Å². The van der Waals surface area contributed by atoms with E-state index in [4.69, 9.17) is 0 Å². The number of Topliss-reactive ketones (excluding diaryl/α,β-unsaturated/α-hetero) is 1. The Balaban J connectivity index is 1.14. The number of aliphatic hydroxyl groups excluding tert-OH is 2. The highest BCUT2D eigenvalue weighted by Crippen LogP contribution is 2.68. The molecule has 5 aliphatic rings. The summed E-state index contributed by atoms with van der Waals surface area (Å²) < 4.78 is 0. The molecule has 1 unspecified atom stereocenters. The van der Waals surface area contributed by atoms with E-state index in [1.165, 1.54) is 42.4 Å². The molecule has 4 saturated carbocycles. The summed E-state index contributed by atoms with van der Waals surface area (Å²) in [4.78, 5) is 13.5. The molecule has 0 spiro atoms. The molecule has 210 valence electrons. The summed E-state index contributed by atoms with van der Waals surface area (Å²) in [6, 6.07) is 6.68. The van der Waals surface area contributed by atoms with Gasteiger partial charge in [-0.05, 0) is 141 Å². The fourth-order valence-corrected chi connectivity index (χ4v) is 11.2. The number of rotatable bonds is 5. The second-order valence-electron chi connectivity index (χ2n) is 15.0. The summed E-state index contributed by atoms with van der Waals surface area (Å²) in [5.74, 6) is 4.07. The van der Waals surface area contributed by atoms with Crippen LogP contribution in [0.4, 0.5) is 0 Å². The summed E-state index contributed by atoms with van der Waals surface area (Å²) in [6.45, 7) is 9.45. The maximum absolute atomic E-state index is 13.5. The van der Waals surface area contributed by atoms with Crippen molar-refractivity contribution in [2.24, 2.45) is 46.3 Å². The van der Waals surface area contributed by atoms with Crippen molar-refractivity contribution in [1.82, 2.24) is 0 Å². The van der Waals surface area contributed by atoms with E-state index < -0.39 is 0 Å². The molecule has 6 rings (SSSR count). The molecule has 4 fully saturated rings. The van der Waals surface area contributed by atoms with E-state index >= 15 is 0 Å². The molecule has 0 amide bonds. The molecule has 0 aliphatic heterocycles. The maximum Gasteiger partial charge on any atom is 0.140 e. The third-order valence-electron chi connectivity index (χ3n) is 13.4. The van der Waals surface area contributed by atoms with Gasteiger partial charge in [0.15, 0.2) is 0 Å². The largest absolute Gasteiger partial charge is 0.393 e. The van der Waals surface area contributed by atoms with Crippen molar-refractivity contribution < 1.29 is 15.0 Å². The first-order valence-electron chi connectivity index (χ1n) is 16.1. The van der Waals surface area contributed by atoms with E-state index in [1.54, 1.807) is 0 Å². The Morgan fingerprint density at radius 2 is 1.84 bits per heavy atom. The number of aliphatic hydroxyl groups is 2. The third kappa shape index (κ3) is 4.25. The average molecular weight is 521 g/mol. The molecule has 11 atom stereocenters. The van der Waals surface area contributed by atoms with Crippen molar-refractivity contribution >= 4 is 5.78 Å². The molecule has 1 aromatic carbocycles. The summed E-state index contributed by atoms with van der Waals surface area (Å²) in [5.41, 5.74) is 4.25. The Kier molecular flexibility index (Phi) is 7.12. The standard InChI is InChI=1S/C35H52O3/c1-21-8-11-26-23(18-21)6-5-7-27(26)32(37)15-9-22(2)29-13-14-30-28-12-10-24-19-25(36)16-17-34(24,3)31(28)20-33(38)35(29,30)4/h8,11,18,22,24-25,27-31,33,36,38H,5-7,9-10,12-17,19-20H2,1-4H3/t22-,24-,25-,27?,28+,29-,30+,31+,33+,34+,35-/m1/s1. The first kappa shape index (κ1) is 27.0. The van der Waals surface area contributed by atoms with Crippen molar-refractivity contribution in [3.8, 4) is 0 Å². The van der Waals surface area contributed by atoms with Gasteiger partial charge in [0.25, 0.3) is 0 Å². The van der Waals surface area contributed by atoms with Crippen LogP contribution in [0.5, 0.6) is 0 Å². The number of fused-ring (bicyclic) bond motifs is 6. The van der Waals surface area contributed by atoms with Gasteiger partial charge in [0.05, 0.1) is 12.2 Å². The number of hydrogen-bond acceptors (Lipinski definition) is 3. The highest BCUT2D eigenvalue weighted by atomic mass is 16.3. The maximum atomic E-state index is 13.5. The third-order valence-corrected chi connectivity index (χ3v) is 13.4. The molecule has 2 N–H and O–H groups in total. The summed E-state index contributed by atoms with van der Waals surface area (Å²) in [6.07, 6.45) is 13.5. The lowest BCUT2D eigenvalue weighted by Crippen LogP contribution is -2.58. The fraction of sp³-hybridized carbons (Fsp3) is 0.800. The van der Waals surface area contributed by atoms with Crippen LogP contribution in [0.3, 0.4) is 0 Å². The summed E-state index contributed by atoms with van der Waals surface area (Å²) >= 11 is 0. The molecule has 3 nitrogen and oxygen atoms in total. The molecule has 38 heavy (non-hydrogen) atoms. The predicted molar refractivity (Wildman–Crippen MR) is 153 cm³/mol. The lowest BCUT2D eigenvalue weighted by Gasteiger charge is -2.62. The van der Waals surface area contributed by atoms with Crippen molar-refractivity contribution in [3.63, 3.8) is 0 Å². The van der Waals surface area contributed by atoms with Crippen LogP contribution < -0.4 is 0 Å². The molecular formula is C35H52O3. The molecule has 0 heterocycles. The van der Waals surface area contributed by atoms with E-state index in [1.807, 2.05) is 0 Å². The molecule has 3 heteroatoms. The van der Waals surface area contributed by atoms with Crippen LogP contribution in [-0.2, 0) is 11.2 Å². The Morgan fingerprint density at radius 1 is 1.03 bits per heavy atom. The van der Waals surface area contributed by atoms with Gasteiger partial charge in [-0.3, -0.25) is 4.79 Å².